The minimum absolute atomic E-state index is 0.100. The molecule has 0 atom stereocenters. The number of phenolic OH excluding ortho intramolecular Hbond substituents is 1. The molecule has 0 aromatic heterocycles. The molecule has 3 nitrogen and oxygen atoms in total. The Morgan fingerprint density at radius 2 is 1.76 bits per heavy atom. The Labute approximate surface area is 148 Å². The number of carbonyl (C=O) groups excluding carboxylic acids is 1. The molecule has 110 valence electrons. The van der Waals surface area contributed by atoms with Crippen molar-refractivity contribution in [3.63, 3.8) is 0 Å². The standard InChI is InChI=1S/C14H10Br2ClNO2S/c15-11-5-9(6-12(16)14(11)20)18-13(19)7-21-10-3-1-8(17)2-4-10/h1-6,20H,7H2,(H,18,19). The van der Waals surface area contributed by atoms with E-state index in [1.807, 2.05) is 12.1 Å². The molecule has 0 radical (unpaired) electrons. The van der Waals surface area contributed by atoms with Gasteiger partial charge in [0.25, 0.3) is 0 Å². The summed E-state index contributed by atoms with van der Waals surface area (Å²) in [5.74, 6) is 0.264. The van der Waals surface area contributed by atoms with E-state index in [1.165, 1.54) is 11.8 Å². The van der Waals surface area contributed by atoms with Crippen molar-refractivity contribution in [2.45, 2.75) is 4.90 Å². The van der Waals surface area contributed by atoms with Gasteiger partial charge < -0.3 is 10.4 Å². The van der Waals surface area contributed by atoms with E-state index in [2.05, 4.69) is 37.2 Å². The van der Waals surface area contributed by atoms with Gasteiger partial charge in [-0.1, -0.05) is 11.6 Å². The number of phenols is 1. The molecule has 1 amide bonds. The summed E-state index contributed by atoms with van der Waals surface area (Å²) in [5, 5.41) is 13.1. The fourth-order valence-electron chi connectivity index (χ4n) is 1.51. The van der Waals surface area contributed by atoms with Gasteiger partial charge in [0.1, 0.15) is 5.75 Å². The molecule has 0 aliphatic carbocycles. The summed E-state index contributed by atoms with van der Waals surface area (Å²) in [4.78, 5) is 12.9. The van der Waals surface area contributed by atoms with E-state index >= 15 is 0 Å². The Kier molecular flexibility index (Phi) is 5.98. The number of anilines is 1. The molecule has 0 fully saturated rings. The predicted molar refractivity (Wildman–Crippen MR) is 94.3 cm³/mol. The zero-order valence-electron chi connectivity index (χ0n) is 10.6. The van der Waals surface area contributed by atoms with Crippen LogP contribution in [0.3, 0.4) is 0 Å². The van der Waals surface area contributed by atoms with Crippen LogP contribution in [0, 0.1) is 0 Å². The second-order valence-corrected chi connectivity index (χ2v) is 7.27. The van der Waals surface area contributed by atoms with Crippen molar-refractivity contribution in [3.05, 3.63) is 50.4 Å². The van der Waals surface area contributed by atoms with E-state index in [-0.39, 0.29) is 17.4 Å². The third-order valence-electron chi connectivity index (χ3n) is 2.48. The van der Waals surface area contributed by atoms with Crippen LogP contribution in [0.25, 0.3) is 0 Å². The third-order valence-corrected chi connectivity index (χ3v) is 4.96. The number of carbonyl (C=O) groups is 1. The van der Waals surface area contributed by atoms with E-state index in [0.29, 0.717) is 19.7 Å². The van der Waals surface area contributed by atoms with Crippen molar-refractivity contribution in [2.75, 3.05) is 11.1 Å². The van der Waals surface area contributed by atoms with Crippen LogP contribution in [0.4, 0.5) is 5.69 Å². The first-order valence-corrected chi connectivity index (χ1v) is 8.77. The van der Waals surface area contributed by atoms with Crippen LogP contribution >= 0.6 is 55.2 Å². The van der Waals surface area contributed by atoms with Gasteiger partial charge in [-0.2, -0.15) is 0 Å². The van der Waals surface area contributed by atoms with Crippen LogP contribution in [0.5, 0.6) is 5.75 Å². The molecule has 0 saturated heterocycles. The molecule has 21 heavy (non-hydrogen) atoms. The van der Waals surface area contributed by atoms with E-state index in [1.54, 1.807) is 24.3 Å². The van der Waals surface area contributed by atoms with E-state index in [9.17, 15) is 9.90 Å². The molecular weight excluding hydrogens is 441 g/mol. The molecule has 0 bridgehead atoms. The molecule has 7 heteroatoms. The summed E-state index contributed by atoms with van der Waals surface area (Å²) in [6, 6.07) is 10.6. The number of rotatable bonds is 4. The first-order valence-electron chi connectivity index (χ1n) is 5.82. The monoisotopic (exact) mass is 449 g/mol. The van der Waals surface area contributed by atoms with Crippen molar-refractivity contribution in [1.29, 1.82) is 0 Å². The Morgan fingerprint density at radius 3 is 2.33 bits per heavy atom. The Morgan fingerprint density at radius 1 is 1.19 bits per heavy atom. The van der Waals surface area contributed by atoms with Gasteiger partial charge in [-0.15, -0.1) is 11.8 Å². The van der Waals surface area contributed by atoms with E-state index in [0.717, 1.165) is 4.90 Å². The lowest BCUT2D eigenvalue weighted by molar-refractivity contribution is -0.113. The van der Waals surface area contributed by atoms with Gasteiger partial charge >= 0.3 is 0 Å². The van der Waals surface area contributed by atoms with Crippen LogP contribution in [0.15, 0.2) is 50.2 Å². The number of halogens is 3. The number of benzene rings is 2. The molecule has 0 unspecified atom stereocenters. The second-order valence-electron chi connectivity index (χ2n) is 4.08. The van der Waals surface area contributed by atoms with Gasteiger partial charge in [0.05, 0.1) is 14.7 Å². The maximum atomic E-state index is 11.9. The molecule has 0 heterocycles. The summed E-state index contributed by atoms with van der Waals surface area (Å²) in [7, 11) is 0. The zero-order valence-corrected chi connectivity index (χ0v) is 15.3. The number of aromatic hydroxyl groups is 1. The maximum Gasteiger partial charge on any atom is 0.234 e. The van der Waals surface area contributed by atoms with Crippen molar-refractivity contribution in [3.8, 4) is 5.75 Å². The molecule has 0 saturated carbocycles. The lowest BCUT2D eigenvalue weighted by Crippen LogP contribution is -2.13. The van der Waals surface area contributed by atoms with Gasteiger partial charge in [0.2, 0.25) is 5.91 Å². The summed E-state index contributed by atoms with van der Waals surface area (Å²) >= 11 is 13.7. The Hall–Kier alpha value is -0.690. The summed E-state index contributed by atoms with van der Waals surface area (Å²) in [6.07, 6.45) is 0. The normalized spacial score (nSPS) is 10.4. The van der Waals surface area contributed by atoms with Crippen LogP contribution in [0.2, 0.25) is 5.02 Å². The molecule has 0 aliphatic rings. The molecule has 0 aliphatic heterocycles. The summed E-state index contributed by atoms with van der Waals surface area (Å²) < 4.78 is 1.02. The van der Waals surface area contributed by atoms with Crippen LogP contribution in [0.1, 0.15) is 0 Å². The largest absolute Gasteiger partial charge is 0.506 e. The lowest BCUT2D eigenvalue weighted by atomic mass is 10.3. The zero-order chi connectivity index (χ0) is 15.4. The van der Waals surface area contributed by atoms with Crippen molar-refractivity contribution >= 4 is 66.8 Å². The highest BCUT2D eigenvalue weighted by atomic mass is 79.9. The molecule has 0 spiro atoms. The number of nitrogens with one attached hydrogen (secondary N) is 1. The predicted octanol–water partition coefficient (Wildman–Crippen LogP) is 5.30. The van der Waals surface area contributed by atoms with Gasteiger partial charge in [-0.3, -0.25) is 4.79 Å². The highest BCUT2D eigenvalue weighted by Gasteiger charge is 2.09. The first kappa shape index (κ1) is 16.7. The average Bonchev–Trinajstić information content (AvgIpc) is 2.44. The van der Waals surface area contributed by atoms with E-state index in [4.69, 9.17) is 11.6 Å². The SMILES string of the molecule is O=C(CSc1ccc(Cl)cc1)Nc1cc(Br)c(O)c(Br)c1. The average molecular weight is 452 g/mol. The van der Waals surface area contributed by atoms with Gasteiger partial charge in [0.15, 0.2) is 0 Å². The minimum Gasteiger partial charge on any atom is -0.506 e. The fourth-order valence-corrected chi connectivity index (χ4v) is 3.53. The number of hydrogen-bond acceptors (Lipinski definition) is 3. The topological polar surface area (TPSA) is 49.3 Å². The molecule has 2 N–H and O–H groups in total. The lowest BCUT2D eigenvalue weighted by Gasteiger charge is -2.08. The Bertz CT molecular complexity index is 642. The summed E-state index contributed by atoms with van der Waals surface area (Å²) in [6.45, 7) is 0. The second kappa shape index (κ2) is 7.54. The van der Waals surface area contributed by atoms with Gasteiger partial charge in [-0.05, 0) is 68.3 Å². The van der Waals surface area contributed by atoms with E-state index < -0.39 is 0 Å². The van der Waals surface area contributed by atoms with Gasteiger partial charge in [-0.25, -0.2) is 0 Å². The van der Waals surface area contributed by atoms with Gasteiger partial charge in [0, 0.05) is 15.6 Å². The quantitative estimate of drug-likeness (QED) is 0.490. The molecule has 2 aromatic rings. The van der Waals surface area contributed by atoms with Crippen molar-refractivity contribution < 1.29 is 9.90 Å². The van der Waals surface area contributed by atoms with Crippen LogP contribution in [-0.2, 0) is 4.79 Å². The summed E-state index contributed by atoms with van der Waals surface area (Å²) in [5.41, 5.74) is 0.605. The first-order chi connectivity index (χ1) is 9.95. The number of hydrogen-bond donors (Lipinski definition) is 2. The fraction of sp³-hybridized carbons (Fsp3) is 0.0714. The minimum atomic E-state index is -0.126. The molecular formula is C14H10Br2ClNO2S. The third kappa shape index (κ3) is 4.92. The van der Waals surface area contributed by atoms with Crippen molar-refractivity contribution in [1.82, 2.24) is 0 Å². The maximum absolute atomic E-state index is 11.9. The molecule has 2 aromatic carbocycles. The van der Waals surface area contributed by atoms with Crippen molar-refractivity contribution in [2.24, 2.45) is 0 Å². The van der Waals surface area contributed by atoms with Crippen LogP contribution in [-0.4, -0.2) is 16.8 Å². The number of amides is 1. The van der Waals surface area contributed by atoms with Crippen LogP contribution < -0.4 is 5.32 Å². The molecule has 2 rings (SSSR count). The number of thioether (sulfide) groups is 1. The highest BCUT2D eigenvalue weighted by molar-refractivity contribution is 9.11. The Balaban J connectivity index is 1.94. The highest BCUT2D eigenvalue weighted by Crippen LogP contribution is 2.35. The smallest absolute Gasteiger partial charge is 0.234 e.